The molecule has 0 saturated carbocycles. The summed E-state index contributed by atoms with van der Waals surface area (Å²) in [5, 5.41) is 31.2. The van der Waals surface area contributed by atoms with E-state index in [1.54, 1.807) is 0 Å². The van der Waals surface area contributed by atoms with Crippen molar-refractivity contribution in [2.75, 3.05) is 13.2 Å². The summed E-state index contributed by atoms with van der Waals surface area (Å²) in [5.41, 5.74) is 0. The van der Waals surface area contributed by atoms with Gasteiger partial charge >= 0.3 is 0 Å². The molecular formula is C11H21NO6. The minimum Gasteiger partial charge on any atom is -0.394 e. The Hall–Kier alpha value is -0.730. The van der Waals surface area contributed by atoms with Crippen molar-refractivity contribution in [2.24, 2.45) is 0 Å². The Morgan fingerprint density at radius 2 is 2.06 bits per heavy atom. The molecule has 0 aromatic heterocycles. The Morgan fingerprint density at radius 3 is 2.56 bits per heavy atom. The van der Waals surface area contributed by atoms with E-state index in [-0.39, 0.29) is 5.91 Å². The maximum Gasteiger partial charge on any atom is 0.217 e. The van der Waals surface area contributed by atoms with Gasteiger partial charge in [-0.25, -0.2) is 0 Å². The van der Waals surface area contributed by atoms with Crippen LogP contribution < -0.4 is 5.32 Å². The van der Waals surface area contributed by atoms with E-state index < -0.39 is 37.3 Å². The number of ether oxygens (including phenoxy) is 2. The molecule has 1 aliphatic rings. The predicted molar refractivity (Wildman–Crippen MR) is 61.6 cm³/mol. The molecule has 106 valence electrons. The first-order chi connectivity index (χ1) is 8.51. The molecule has 1 amide bonds. The summed E-state index contributed by atoms with van der Waals surface area (Å²) in [7, 11) is 0. The molecule has 1 fully saturated rings. The highest BCUT2D eigenvalue weighted by atomic mass is 16.7. The van der Waals surface area contributed by atoms with E-state index in [9.17, 15) is 15.0 Å². The topological polar surface area (TPSA) is 108 Å². The second kappa shape index (κ2) is 7.01. The molecule has 0 unspecified atom stereocenters. The number of carbonyl (C=O) groups excluding carboxylic acids is 1. The molecule has 1 aliphatic heterocycles. The summed E-state index contributed by atoms with van der Waals surface area (Å²) in [4.78, 5) is 11.1. The van der Waals surface area contributed by atoms with Gasteiger partial charge in [0.15, 0.2) is 6.29 Å². The molecule has 7 nitrogen and oxygen atoms in total. The van der Waals surface area contributed by atoms with Crippen LogP contribution in [0.15, 0.2) is 0 Å². The van der Waals surface area contributed by atoms with Gasteiger partial charge in [0.1, 0.15) is 24.4 Å². The van der Waals surface area contributed by atoms with E-state index in [2.05, 4.69) is 5.32 Å². The van der Waals surface area contributed by atoms with Gasteiger partial charge in [0.2, 0.25) is 5.91 Å². The number of carbonyl (C=O) groups is 1. The second-order valence-electron chi connectivity index (χ2n) is 4.30. The van der Waals surface area contributed by atoms with E-state index in [1.165, 1.54) is 6.92 Å². The first-order valence-electron chi connectivity index (χ1n) is 6.02. The first kappa shape index (κ1) is 15.3. The average molecular weight is 263 g/mol. The van der Waals surface area contributed by atoms with E-state index in [1.807, 2.05) is 6.92 Å². The lowest BCUT2D eigenvalue weighted by Gasteiger charge is -2.42. The lowest BCUT2D eigenvalue weighted by Crippen LogP contribution is -2.64. The smallest absolute Gasteiger partial charge is 0.217 e. The zero-order valence-corrected chi connectivity index (χ0v) is 10.6. The van der Waals surface area contributed by atoms with Gasteiger partial charge in [-0.3, -0.25) is 4.79 Å². The Bertz CT molecular complexity index is 274. The number of amides is 1. The summed E-state index contributed by atoms with van der Waals surface area (Å²) in [6.45, 7) is 3.16. The van der Waals surface area contributed by atoms with Crippen LogP contribution in [0.5, 0.6) is 0 Å². The number of rotatable bonds is 5. The van der Waals surface area contributed by atoms with Crippen LogP contribution in [-0.2, 0) is 14.3 Å². The van der Waals surface area contributed by atoms with Crippen molar-refractivity contribution in [3.63, 3.8) is 0 Å². The standard InChI is InChI=1S/C11H21NO6/c1-3-4-17-11-8(12-6(2)14)10(16)9(15)7(5-13)18-11/h7-11,13,15-16H,3-5H2,1-2H3,(H,12,14)/t7-,8+,9-,10+,11-/m0/s1. The summed E-state index contributed by atoms with van der Waals surface area (Å²) < 4.78 is 10.7. The number of nitrogens with one attached hydrogen (secondary N) is 1. The van der Waals surface area contributed by atoms with Crippen molar-refractivity contribution < 1.29 is 29.6 Å². The van der Waals surface area contributed by atoms with Crippen molar-refractivity contribution >= 4 is 5.91 Å². The highest BCUT2D eigenvalue weighted by Crippen LogP contribution is 2.22. The molecule has 1 saturated heterocycles. The number of aliphatic hydroxyl groups excluding tert-OH is 3. The molecule has 1 heterocycles. The zero-order chi connectivity index (χ0) is 13.7. The predicted octanol–water partition coefficient (Wildman–Crippen LogP) is -1.64. The maximum atomic E-state index is 11.1. The van der Waals surface area contributed by atoms with Crippen molar-refractivity contribution in [1.82, 2.24) is 5.32 Å². The van der Waals surface area contributed by atoms with Crippen LogP contribution in [0.3, 0.4) is 0 Å². The molecule has 1 rings (SSSR count). The number of hydrogen-bond acceptors (Lipinski definition) is 6. The fourth-order valence-corrected chi connectivity index (χ4v) is 1.85. The third kappa shape index (κ3) is 3.63. The lowest BCUT2D eigenvalue weighted by atomic mass is 9.97. The fourth-order valence-electron chi connectivity index (χ4n) is 1.85. The first-order valence-corrected chi connectivity index (χ1v) is 6.02. The van der Waals surface area contributed by atoms with Gasteiger partial charge in [-0.15, -0.1) is 0 Å². The molecule has 0 aromatic rings. The van der Waals surface area contributed by atoms with Crippen LogP contribution in [0.1, 0.15) is 20.3 Å². The molecule has 0 aromatic carbocycles. The van der Waals surface area contributed by atoms with Crippen LogP contribution >= 0.6 is 0 Å². The Morgan fingerprint density at radius 1 is 1.39 bits per heavy atom. The van der Waals surface area contributed by atoms with Gasteiger partial charge in [0, 0.05) is 13.5 Å². The van der Waals surface area contributed by atoms with Crippen molar-refractivity contribution in [2.45, 2.75) is 50.9 Å². The minimum atomic E-state index is -1.27. The summed E-state index contributed by atoms with van der Waals surface area (Å²) >= 11 is 0. The highest BCUT2D eigenvalue weighted by molar-refractivity contribution is 5.73. The van der Waals surface area contributed by atoms with Crippen LogP contribution in [0.25, 0.3) is 0 Å². The van der Waals surface area contributed by atoms with Crippen molar-refractivity contribution in [3.8, 4) is 0 Å². The Labute approximate surface area is 106 Å². The normalized spacial score (nSPS) is 36.4. The van der Waals surface area contributed by atoms with E-state index in [4.69, 9.17) is 14.6 Å². The van der Waals surface area contributed by atoms with Crippen LogP contribution in [0, 0.1) is 0 Å². The number of hydrogen-bond donors (Lipinski definition) is 4. The minimum absolute atomic E-state index is 0.359. The molecule has 7 heteroatoms. The van der Waals surface area contributed by atoms with E-state index in [0.717, 1.165) is 6.42 Å². The molecule has 0 aliphatic carbocycles. The van der Waals surface area contributed by atoms with E-state index >= 15 is 0 Å². The summed E-state index contributed by atoms with van der Waals surface area (Å²) in [6.07, 6.45) is -3.58. The third-order valence-corrected chi connectivity index (χ3v) is 2.74. The van der Waals surface area contributed by atoms with E-state index in [0.29, 0.717) is 6.61 Å². The van der Waals surface area contributed by atoms with Crippen LogP contribution in [-0.4, -0.2) is 65.1 Å². The Balaban J connectivity index is 2.76. The molecule has 4 N–H and O–H groups in total. The molecular weight excluding hydrogens is 242 g/mol. The van der Waals surface area contributed by atoms with Crippen LogP contribution in [0.4, 0.5) is 0 Å². The summed E-state index contributed by atoms with van der Waals surface area (Å²) in [6, 6.07) is -0.855. The highest BCUT2D eigenvalue weighted by Gasteiger charge is 2.45. The van der Waals surface area contributed by atoms with Crippen LogP contribution in [0.2, 0.25) is 0 Å². The van der Waals surface area contributed by atoms with Crippen molar-refractivity contribution in [1.29, 1.82) is 0 Å². The second-order valence-corrected chi connectivity index (χ2v) is 4.30. The maximum absolute atomic E-state index is 11.1. The van der Waals surface area contributed by atoms with Gasteiger partial charge in [-0.05, 0) is 6.42 Å². The summed E-state index contributed by atoms with van der Waals surface area (Å²) in [5.74, 6) is -0.359. The monoisotopic (exact) mass is 263 g/mol. The molecule has 0 spiro atoms. The molecule has 0 bridgehead atoms. The quantitative estimate of drug-likeness (QED) is 0.473. The fraction of sp³-hybridized carbons (Fsp3) is 0.909. The largest absolute Gasteiger partial charge is 0.394 e. The molecule has 18 heavy (non-hydrogen) atoms. The van der Waals surface area contributed by atoms with Gasteiger partial charge in [0.05, 0.1) is 6.61 Å². The average Bonchev–Trinajstić information content (AvgIpc) is 2.33. The number of aliphatic hydroxyl groups is 3. The van der Waals surface area contributed by atoms with Gasteiger partial charge in [-0.2, -0.15) is 0 Å². The van der Waals surface area contributed by atoms with Crippen molar-refractivity contribution in [3.05, 3.63) is 0 Å². The molecule has 5 atom stereocenters. The van der Waals surface area contributed by atoms with Gasteiger partial charge < -0.3 is 30.1 Å². The van der Waals surface area contributed by atoms with Gasteiger partial charge in [-0.1, -0.05) is 6.92 Å². The SMILES string of the molecule is CCCO[C@H]1O[C@@H](CO)[C@H](O)[C@H](O)[C@H]1NC(C)=O. The van der Waals surface area contributed by atoms with Gasteiger partial charge in [0.25, 0.3) is 0 Å². The lowest BCUT2D eigenvalue weighted by molar-refractivity contribution is -0.270. The third-order valence-electron chi connectivity index (χ3n) is 2.74. The molecule has 0 radical (unpaired) electrons. The zero-order valence-electron chi connectivity index (χ0n) is 10.6. The Kier molecular flexibility index (Phi) is 5.97.